The Hall–Kier alpha value is -2.01. The van der Waals surface area contributed by atoms with Gasteiger partial charge in [-0.05, 0) is 26.0 Å². The van der Waals surface area contributed by atoms with Crippen molar-refractivity contribution in [3.63, 3.8) is 0 Å². The lowest BCUT2D eigenvalue weighted by Gasteiger charge is -2.16. The maximum Gasteiger partial charge on any atom is 0.137 e. The third kappa shape index (κ3) is 3.34. The molecule has 23 heavy (non-hydrogen) atoms. The Morgan fingerprint density at radius 3 is 2.65 bits per heavy atom. The fourth-order valence-corrected chi connectivity index (χ4v) is 3.44. The minimum absolute atomic E-state index is 0.0766. The SMILES string of the molecule is Cc1ccc2ncnc(NC(C)c3nc(C(C)(C)C)cs3)c2c1. The molecule has 0 saturated heterocycles. The normalized spacial score (nSPS) is 13.3. The van der Waals surface area contributed by atoms with Gasteiger partial charge in [-0.3, -0.25) is 0 Å². The van der Waals surface area contributed by atoms with Crippen molar-refractivity contribution >= 4 is 28.1 Å². The summed E-state index contributed by atoms with van der Waals surface area (Å²) in [5.74, 6) is 0.860. The molecule has 0 spiro atoms. The number of aromatic nitrogens is 3. The molecular formula is C18H22N4S. The van der Waals surface area contributed by atoms with Crippen molar-refractivity contribution in [2.45, 2.75) is 46.1 Å². The summed E-state index contributed by atoms with van der Waals surface area (Å²) in [4.78, 5) is 13.5. The van der Waals surface area contributed by atoms with Crippen molar-refractivity contribution in [3.8, 4) is 0 Å². The lowest BCUT2D eigenvalue weighted by molar-refractivity contribution is 0.569. The highest BCUT2D eigenvalue weighted by Crippen LogP contribution is 2.29. The Balaban J connectivity index is 1.90. The van der Waals surface area contributed by atoms with E-state index < -0.39 is 0 Å². The van der Waals surface area contributed by atoms with Crippen LogP contribution in [0, 0.1) is 6.92 Å². The number of hydrogen-bond donors (Lipinski definition) is 1. The first-order valence-corrected chi connectivity index (χ1v) is 8.66. The molecule has 0 amide bonds. The van der Waals surface area contributed by atoms with Crippen molar-refractivity contribution in [1.82, 2.24) is 15.0 Å². The van der Waals surface area contributed by atoms with Crippen LogP contribution in [0.2, 0.25) is 0 Å². The summed E-state index contributed by atoms with van der Waals surface area (Å²) < 4.78 is 0. The van der Waals surface area contributed by atoms with Crippen molar-refractivity contribution in [3.05, 3.63) is 46.2 Å². The molecule has 0 aliphatic rings. The highest BCUT2D eigenvalue weighted by atomic mass is 32.1. The van der Waals surface area contributed by atoms with Gasteiger partial charge in [-0.15, -0.1) is 11.3 Å². The molecule has 0 aliphatic carbocycles. The van der Waals surface area contributed by atoms with Crippen LogP contribution in [0.3, 0.4) is 0 Å². The Morgan fingerprint density at radius 2 is 1.96 bits per heavy atom. The van der Waals surface area contributed by atoms with Gasteiger partial charge in [0.05, 0.1) is 17.3 Å². The van der Waals surface area contributed by atoms with E-state index >= 15 is 0 Å². The van der Waals surface area contributed by atoms with Crippen LogP contribution in [-0.2, 0) is 5.41 Å². The molecule has 0 bridgehead atoms. The zero-order valence-corrected chi connectivity index (χ0v) is 15.0. The molecule has 0 aliphatic heterocycles. The van der Waals surface area contributed by atoms with E-state index in [4.69, 9.17) is 4.98 Å². The predicted molar refractivity (Wildman–Crippen MR) is 97.1 cm³/mol. The largest absolute Gasteiger partial charge is 0.360 e. The summed E-state index contributed by atoms with van der Waals surface area (Å²) in [5, 5.41) is 7.76. The Bertz CT molecular complexity index is 832. The Kier molecular flexibility index (Phi) is 4.06. The maximum absolute atomic E-state index is 4.79. The van der Waals surface area contributed by atoms with Crippen LogP contribution in [0.5, 0.6) is 0 Å². The molecular weight excluding hydrogens is 304 g/mol. The standard InChI is InChI=1S/C18H22N4S/c1-11-6-7-14-13(8-11)16(20-10-19-14)21-12(2)17-22-15(9-23-17)18(3,4)5/h6-10,12H,1-5H3,(H,19,20,21). The van der Waals surface area contributed by atoms with Gasteiger partial charge in [0, 0.05) is 16.2 Å². The monoisotopic (exact) mass is 326 g/mol. The van der Waals surface area contributed by atoms with Crippen LogP contribution in [0.15, 0.2) is 29.9 Å². The number of thiazole rings is 1. The Morgan fingerprint density at radius 1 is 1.17 bits per heavy atom. The van der Waals surface area contributed by atoms with E-state index in [0.29, 0.717) is 0 Å². The topological polar surface area (TPSA) is 50.7 Å². The summed E-state index contributed by atoms with van der Waals surface area (Å²) in [6.45, 7) is 10.8. The molecule has 0 fully saturated rings. The second-order valence-corrected chi connectivity index (χ2v) is 7.82. The zero-order valence-electron chi connectivity index (χ0n) is 14.2. The summed E-state index contributed by atoms with van der Waals surface area (Å²) in [6.07, 6.45) is 1.61. The molecule has 1 atom stereocenters. The first kappa shape index (κ1) is 15.9. The van der Waals surface area contributed by atoms with Crippen LogP contribution in [0.25, 0.3) is 10.9 Å². The van der Waals surface area contributed by atoms with E-state index in [1.807, 2.05) is 6.07 Å². The first-order valence-electron chi connectivity index (χ1n) is 7.78. The molecule has 2 heterocycles. The van der Waals surface area contributed by atoms with Crippen molar-refractivity contribution in [1.29, 1.82) is 0 Å². The van der Waals surface area contributed by atoms with E-state index in [2.05, 4.69) is 67.4 Å². The highest BCUT2D eigenvalue weighted by Gasteiger charge is 2.20. The van der Waals surface area contributed by atoms with Crippen molar-refractivity contribution in [2.75, 3.05) is 5.32 Å². The van der Waals surface area contributed by atoms with E-state index in [9.17, 15) is 0 Å². The van der Waals surface area contributed by atoms with E-state index in [1.54, 1.807) is 17.7 Å². The molecule has 120 valence electrons. The number of hydrogen-bond acceptors (Lipinski definition) is 5. The van der Waals surface area contributed by atoms with Gasteiger partial charge in [0.15, 0.2) is 0 Å². The third-order valence-corrected chi connectivity index (χ3v) is 4.83. The van der Waals surface area contributed by atoms with Gasteiger partial charge in [-0.1, -0.05) is 32.4 Å². The van der Waals surface area contributed by atoms with Crippen LogP contribution >= 0.6 is 11.3 Å². The average Bonchev–Trinajstić information content (AvgIpc) is 2.98. The number of aryl methyl sites for hydroxylation is 1. The fraction of sp³-hybridized carbons (Fsp3) is 0.389. The molecule has 3 aromatic rings. The molecule has 0 saturated carbocycles. The number of benzene rings is 1. The van der Waals surface area contributed by atoms with E-state index in [1.165, 1.54) is 5.56 Å². The molecule has 5 heteroatoms. The van der Waals surface area contributed by atoms with Crippen LogP contribution in [0.4, 0.5) is 5.82 Å². The fourth-order valence-electron chi connectivity index (χ4n) is 2.38. The van der Waals surface area contributed by atoms with E-state index in [-0.39, 0.29) is 11.5 Å². The zero-order chi connectivity index (χ0) is 16.6. The molecule has 1 unspecified atom stereocenters. The summed E-state index contributed by atoms with van der Waals surface area (Å²) in [7, 11) is 0. The molecule has 3 rings (SSSR count). The van der Waals surface area contributed by atoms with Crippen molar-refractivity contribution < 1.29 is 0 Å². The predicted octanol–water partition coefficient (Wildman–Crippen LogP) is 4.87. The molecule has 2 aromatic heterocycles. The molecule has 4 nitrogen and oxygen atoms in total. The van der Waals surface area contributed by atoms with Gasteiger partial charge in [0.2, 0.25) is 0 Å². The Labute approximate surface area is 141 Å². The molecule has 0 radical (unpaired) electrons. The number of rotatable bonds is 3. The minimum Gasteiger partial charge on any atom is -0.360 e. The summed E-state index contributed by atoms with van der Waals surface area (Å²) in [6, 6.07) is 6.32. The summed E-state index contributed by atoms with van der Waals surface area (Å²) >= 11 is 1.70. The number of nitrogens with zero attached hydrogens (tertiary/aromatic N) is 3. The second-order valence-electron chi connectivity index (χ2n) is 6.93. The van der Waals surface area contributed by atoms with Gasteiger partial charge in [0.25, 0.3) is 0 Å². The number of nitrogens with one attached hydrogen (secondary N) is 1. The van der Waals surface area contributed by atoms with Gasteiger partial charge in [-0.2, -0.15) is 0 Å². The lowest BCUT2D eigenvalue weighted by atomic mass is 9.93. The van der Waals surface area contributed by atoms with Gasteiger partial charge in [-0.25, -0.2) is 15.0 Å². The highest BCUT2D eigenvalue weighted by molar-refractivity contribution is 7.09. The average molecular weight is 326 g/mol. The maximum atomic E-state index is 4.79. The second kappa shape index (κ2) is 5.89. The number of fused-ring (bicyclic) bond motifs is 1. The van der Waals surface area contributed by atoms with Crippen LogP contribution in [-0.4, -0.2) is 15.0 Å². The summed E-state index contributed by atoms with van der Waals surface area (Å²) in [5.41, 5.74) is 3.37. The minimum atomic E-state index is 0.0766. The first-order chi connectivity index (χ1) is 10.8. The third-order valence-electron chi connectivity index (χ3n) is 3.80. The van der Waals surface area contributed by atoms with E-state index in [0.717, 1.165) is 27.4 Å². The van der Waals surface area contributed by atoms with Crippen LogP contribution in [0.1, 0.15) is 50.0 Å². The quantitative estimate of drug-likeness (QED) is 0.746. The molecule has 1 aromatic carbocycles. The molecule has 1 N–H and O–H groups in total. The number of anilines is 1. The van der Waals surface area contributed by atoms with Crippen LogP contribution < -0.4 is 5.32 Å². The smallest absolute Gasteiger partial charge is 0.137 e. The lowest BCUT2D eigenvalue weighted by Crippen LogP contribution is -2.13. The van der Waals surface area contributed by atoms with Gasteiger partial charge in [0.1, 0.15) is 17.2 Å². The van der Waals surface area contributed by atoms with Crippen molar-refractivity contribution in [2.24, 2.45) is 0 Å². The van der Waals surface area contributed by atoms with Gasteiger partial charge >= 0.3 is 0 Å². The van der Waals surface area contributed by atoms with Gasteiger partial charge < -0.3 is 5.32 Å².